The average molecular weight is 172 g/mol. The number of rotatable bonds is 0. The molecule has 2 aliphatic heterocycles. The third-order valence-electron chi connectivity index (χ3n) is 1.57. The van der Waals surface area contributed by atoms with Crippen molar-refractivity contribution in [2.24, 2.45) is 16.7 Å². The summed E-state index contributed by atoms with van der Waals surface area (Å²) in [5, 5.41) is 14.2. The molecule has 7 heteroatoms. The summed E-state index contributed by atoms with van der Waals surface area (Å²) >= 11 is 1.54. The van der Waals surface area contributed by atoms with Crippen LogP contribution in [-0.2, 0) is 0 Å². The zero-order chi connectivity index (χ0) is 8.01. The maximum absolute atomic E-state index is 7.42. The first-order valence-electron chi connectivity index (χ1n) is 3.06. The van der Waals surface area contributed by atoms with Crippen LogP contribution >= 0.6 is 11.8 Å². The van der Waals surface area contributed by atoms with Gasteiger partial charge in [0, 0.05) is 0 Å². The zero-order valence-corrected chi connectivity index (χ0v) is 6.51. The van der Waals surface area contributed by atoms with Crippen LogP contribution in [0.5, 0.6) is 0 Å². The zero-order valence-electron chi connectivity index (χ0n) is 5.69. The van der Waals surface area contributed by atoms with Gasteiger partial charge in [0.15, 0.2) is 5.50 Å². The van der Waals surface area contributed by atoms with E-state index in [9.17, 15) is 0 Å². The number of hydrogen-bond donors (Lipinski definition) is 3. The van der Waals surface area contributed by atoms with Gasteiger partial charge < -0.3 is 5.73 Å². The van der Waals surface area contributed by atoms with E-state index in [4.69, 9.17) is 17.0 Å². The largest absolute Gasteiger partial charge is 0.367 e. The van der Waals surface area contributed by atoms with Gasteiger partial charge in [-0.2, -0.15) is 0 Å². The molecule has 5 N–H and O–H groups in total. The predicted molar refractivity (Wildman–Crippen MR) is 43.5 cm³/mol. The molecule has 11 heavy (non-hydrogen) atoms. The highest BCUT2D eigenvalue weighted by atomic mass is 32.2. The number of hydrazine groups is 1. The van der Waals surface area contributed by atoms with Crippen molar-refractivity contribution >= 4 is 23.6 Å². The lowest BCUT2D eigenvalue weighted by molar-refractivity contribution is 0.303. The van der Waals surface area contributed by atoms with E-state index in [2.05, 4.69) is 5.10 Å². The minimum Gasteiger partial charge on any atom is -0.367 e. The van der Waals surface area contributed by atoms with Gasteiger partial charge in [-0.15, -0.1) is 16.9 Å². The van der Waals surface area contributed by atoms with E-state index >= 15 is 0 Å². The molecule has 0 spiro atoms. The molecule has 1 fully saturated rings. The molecule has 0 aromatic heterocycles. The molecule has 1 unspecified atom stereocenters. The van der Waals surface area contributed by atoms with Crippen LogP contribution in [0.25, 0.3) is 0 Å². The van der Waals surface area contributed by atoms with Crippen molar-refractivity contribution in [1.82, 2.24) is 10.0 Å². The van der Waals surface area contributed by atoms with Gasteiger partial charge in [-0.25, -0.2) is 15.9 Å². The first kappa shape index (κ1) is 6.74. The summed E-state index contributed by atoms with van der Waals surface area (Å²) in [5.41, 5.74) is 5.34. The summed E-state index contributed by atoms with van der Waals surface area (Å²) in [5.74, 6) is 6.92. The highest BCUT2D eigenvalue weighted by Crippen LogP contribution is 2.29. The molecule has 0 amide bonds. The van der Waals surface area contributed by atoms with Crippen molar-refractivity contribution in [1.29, 1.82) is 5.41 Å². The van der Waals surface area contributed by atoms with Crippen LogP contribution in [0, 0.1) is 5.41 Å². The summed E-state index contributed by atoms with van der Waals surface area (Å²) in [6.45, 7) is 0. The van der Waals surface area contributed by atoms with Crippen LogP contribution in [0.15, 0.2) is 5.10 Å². The predicted octanol–water partition coefficient (Wildman–Crippen LogP) is -1.28. The number of hydrogen-bond acceptors (Lipinski definition) is 6. The van der Waals surface area contributed by atoms with Gasteiger partial charge in [-0.3, -0.25) is 5.41 Å². The van der Waals surface area contributed by atoms with Crippen LogP contribution in [0.4, 0.5) is 0 Å². The molecule has 6 nitrogen and oxygen atoms in total. The van der Waals surface area contributed by atoms with Gasteiger partial charge in [-0.1, -0.05) is 0 Å². The van der Waals surface area contributed by atoms with E-state index < -0.39 is 0 Å². The van der Waals surface area contributed by atoms with Crippen molar-refractivity contribution < 1.29 is 0 Å². The molecular weight excluding hydrogens is 164 g/mol. The fourth-order valence-corrected chi connectivity index (χ4v) is 2.03. The van der Waals surface area contributed by atoms with Crippen LogP contribution in [0.1, 0.15) is 0 Å². The van der Waals surface area contributed by atoms with Gasteiger partial charge in [0.05, 0.1) is 5.75 Å². The van der Waals surface area contributed by atoms with E-state index in [0.29, 0.717) is 11.6 Å². The fraction of sp³-hybridized carbons (Fsp3) is 0.500. The highest BCUT2D eigenvalue weighted by Gasteiger charge is 2.38. The molecule has 1 saturated heterocycles. The number of nitrogens with two attached hydrogens (primary N) is 2. The van der Waals surface area contributed by atoms with Crippen LogP contribution in [-0.4, -0.2) is 33.1 Å². The van der Waals surface area contributed by atoms with Crippen molar-refractivity contribution in [2.75, 3.05) is 5.75 Å². The van der Waals surface area contributed by atoms with E-state index in [0.717, 1.165) is 0 Å². The molecule has 0 aromatic rings. The molecule has 2 rings (SSSR count). The molecule has 2 heterocycles. The van der Waals surface area contributed by atoms with Gasteiger partial charge in [0.1, 0.15) is 5.84 Å². The summed E-state index contributed by atoms with van der Waals surface area (Å²) in [6, 6.07) is 0. The van der Waals surface area contributed by atoms with E-state index in [1.807, 2.05) is 0 Å². The second-order valence-electron chi connectivity index (χ2n) is 2.29. The lowest BCUT2D eigenvalue weighted by Gasteiger charge is -2.18. The molecule has 0 aliphatic carbocycles. The average Bonchev–Trinajstić information content (AvgIpc) is 2.43. The lowest BCUT2D eigenvalue weighted by atomic mass is 10.6. The Morgan fingerprint density at radius 3 is 3.09 bits per heavy atom. The van der Waals surface area contributed by atoms with Gasteiger partial charge in [-0.05, 0) is 0 Å². The Balaban J connectivity index is 2.28. The van der Waals surface area contributed by atoms with Crippen molar-refractivity contribution in [3.63, 3.8) is 0 Å². The summed E-state index contributed by atoms with van der Waals surface area (Å²) in [6.07, 6.45) is 0. The van der Waals surface area contributed by atoms with Gasteiger partial charge in [0.25, 0.3) is 0 Å². The third-order valence-corrected chi connectivity index (χ3v) is 2.73. The Morgan fingerprint density at radius 1 is 1.73 bits per heavy atom. The second-order valence-corrected chi connectivity index (χ2v) is 3.34. The SMILES string of the molecule is N=C1CSC2N(N)C(N)=NN12. The summed E-state index contributed by atoms with van der Waals surface area (Å²) < 4.78 is 0. The molecule has 0 bridgehead atoms. The second kappa shape index (κ2) is 2.02. The first-order valence-corrected chi connectivity index (χ1v) is 4.11. The monoisotopic (exact) mass is 172 g/mol. The Kier molecular flexibility index (Phi) is 1.24. The van der Waals surface area contributed by atoms with Gasteiger partial charge >= 0.3 is 0 Å². The smallest absolute Gasteiger partial charge is 0.231 e. The first-order chi connectivity index (χ1) is 5.20. The van der Waals surface area contributed by atoms with E-state index in [-0.39, 0.29) is 11.5 Å². The lowest BCUT2D eigenvalue weighted by Crippen LogP contribution is -2.45. The Labute approximate surface area is 67.7 Å². The molecule has 2 aliphatic rings. The number of thioether (sulfide) groups is 1. The fourth-order valence-electron chi connectivity index (χ4n) is 1.01. The maximum atomic E-state index is 7.42. The number of nitrogens with zero attached hydrogens (tertiary/aromatic N) is 3. The van der Waals surface area contributed by atoms with Gasteiger partial charge in [0.2, 0.25) is 5.96 Å². The molecule has 0 saturated carbocycles. The number of nitrogens with one attached hydrogen (secondary N) is 1. The minimum atomic E-state index is -0.0949. The van der Waals surface area contributed by atoms with E-state index in [1.165, 1.54) is 10.0 Å². The molecule has 1 atom stereocenters. The minimum absolute atomic E-state index is 0.0949. The number of guanidine groups is 1. The Hall–Kier alpha value is -0.950. The van der Waals surface area contributed by atoms with Crippen LogP contribution in [0.3, 0.4) is 0 Å². The topological polar surface area (TPSA) is 94.7 Å². The van der Waals surface area contributed by atoms with Crippen LogP contribution in [0.2, 0.25) is 0 Å². The number of hydrazone groups is 1. The van der Waals surface area contributed by atoms with Crippen LogP contribution < -0.4 is 11.6 Å². The number of amidine groups is 1. The molecule has 0 aromatic carbocycles. The normalized spacial score (nSPS) is 29.4. The standard InChI is InChI=1S/C4H8N6S/c5-2-1-11-4-9(7)3(6)8-10(2)4/h4-5H,1,7H2,(H2,6,8). The highest BCUT2D eigenvalue weighted by molar-refractivity contribution is 8.00. The molecule has 60 valence electrons. The van der Waals surface area contributed by atoms with Crippen molar-refractivity contribution in [3.05, 3.63) is 0 Å². The maximum Gasteiger partial charge on any atom is 0.231 e. The third kappa shape index (κ3) is 0.778. The van der Waals surface area contributed by atoms with Crippen molar-refractivity contribution in [3.8, 4) is 0 Å². The molecule has 0 radical (unpaired) electrons. The summed E-state index contributed by atoms with van der Waals surface area (Å²) in [7, 11) is 0. The quantitative estimate of drug-likeness (QED) is 0.395. The van der Waals surface area contributed by atoms with Crippen molar-refractivity contribution in [2.45, 2.75) is 5.50 Å². The molecular formula is C4H8N6S. The van der Waals surface area contributed by atoms with E-state index in [1.54, 1.807) is 11.8 Å². The Morgan fingerprint density at radius 2 is 2.45 bits per heavy atom. The number of fused-ring (bicyclic) bond motifs is 1. The summed E-state index contributed by atoms with van der Waals surface area (Å²) in [4.78, 5) is 0. The Bertz CT molecular complexity index is 237.